The van der Waals surface area contributed by atoms with Crippen LogP contribution in [0.25, 0.3) is 0 Å². The molecule has 1 aromatic heterocycles. The molecule has 10 heteroatoms. The smallest absolute Gasteiger partial charge is 0.408 e. The van der Waals surface area contributed by atoms with Crippen LogP contribution in [0.3, 0.4) is 0 Å². The van der Waals surface area contributed by atoms with E-state index in [2.05, 4.69) is 10.4 Å². The molecule has 1 heterocycles. The number of halogens is 1. The van der Waals surface area contributed by atoms with Crippen LogP contribution in [0.1, 0.15) is 18.5 Å². The van der Waals surface area contributed by atoms with Crippen LogP contribution in [-0.2, 0) is 11.3 Å². The molecule has 0 radical (unpaired) electrons. The monoisotopic (exact) mass is 382 g/mol. The summed E-state index contributed by atoms with van der Waals surface area (Å²) in [4.78, 5) is 22.3. The van der Waals surface area contributed by atoms with Gasteiger partial charge in [-0.1, -0.05) is 11.6 Å². The summed E-state index contributed by atoms with van der Waals surface area (Å²) in [7, 11) is 3.04. The predicted octanol–water partition coefficient (Wildman–Crippen LogP) is 3.19. The van der Waals surface area contributed by atoms with Crippen LogP contribution in [0.15, 0.2) is 18.2 Å². The standard InChI is InChI=1S/C16H19ClN4O5/c1-10-15(17)16(21(23)24)19-20(10)8-4-5-14(22)18-12-7-6-11(25-2)9-13(12)26-3/h6-7,9H,4-5,8H2,1-3H3,(H,18,22). The molecule has 0 spiro atoms. The number of carbonyl (C=O) groups is 1. The SMILES string of the molecule is COc1ccc(NC(=O)CCCn2nc([N+](=O)[O-])c(Cl)c2C)c(OC)c1. The molecule has 1 N–H and O–H groups in total. The van der Waals surface area contributed by atoms with E-state index < -0.39 is 4.92 Å². The van der Waals surface area contributed by atoms with Crippen molar-refractivity contribution in [2.75, 3.05) is 19.5 Å². The number of anilines is 1. The lowest BCUT2D eigenvalue weighted by Crippen LogP contribution is -2.13. The molecule has 2 rings (SSSR count). The van der Waals surface area contributed by atoms with E-state index in [0.717, 1.165) is 0 Å². The Morgan fingerprint density at radius 1 is 1.38 bits per heavy atom. The second-order valence-electron chi connectivity index (χ2n) is 5.42. The van der Waals surface area contributed by atoms with Gasteiger partial charge in [0.05, 0.1) is 37.2 Å². The van der Waals surface area contributed by atoms with Gasteiger partial charge in [-0.15, -0.1) is 0 Å². The van der Waals surface area contributed by atoms with Crippen molar-refractivity contribution in [3.63, 3.8) is 0 Å². The van der Waals surface area contributed by atoms with Gasteiger partial charge in [0.1, 0.15) is 11.5 Å². The number of aryl methyl sites for hydroxylation is 1. The highest BCUT2D eigenvalue weighted by Crippen LogP contribution is 2.29. The fourth-order valence-corrected chi connectivity index (χ4v) is 2.55. The van der Waals surface area contributed by atoms with Gasteiger partial charge in [-0.3, -0.25) is 4.79 Å². The Morgan fingerprint density at radius 2 is 2.12 bits per heavy atom. The maximum Gasteiger partial charge on any atom is 0.408 e. The van der Waals surface area contributed by atoms with Gasteiger partial charge in [-0.05, 0) is 30.4 Å². The second-order valence-corrected chi connectivity index (χ2v) is 5.80. The number of methoxy groups -OCH3 is 2. The molecular weight excluding hydrogens is 364 g/mol. The fraction of sp³-hybridized carbons (Fsp3) is 0.375. The molecule has 0 saturated heterocycles. The van der Waals surface area contributed by atoms with Crippen molar-refractivity contribution in [1.82, 2.24) is 9.78 Å². The number of nitro groups is 1. The minimum absolute atomic E-state index is 0.0161. The minimum Gasteiger partial charge on any atom is -0.497 e. The molecule has 0 fully saturated rings. The van der Waals surface area contributed by atoms with Crippen LogP contribution in [-0.4, -0.2) is 34.8 Å². The lowest BCUT2D eigenvalue weighted by molar-refractivity contribution is -0.389. The highest BCUT2D eigenvalue weighted by Gasteiger charge is 2.23. The van der Waals surface area contributed by atoms with E-state index in [9.17, 15) is 14.9 Å². The first-order chi connectivity index (χ1) is 12.4. The van der Waals surface area contributed by atoms with Gasteiger partial charge in [0.25, 0.3) is 0 Å². The summed E-state index contributed by atoms with van der Waals surface area (Å²) in [6.07, 6.45) is 0.653. The normalized spacial score (nSPS) is 10.5. The molecule has 26 heavy (non-hydrogen) atoms. The molecule has 1 aromatic carbocycles. The quantitative estimate of drug-likeness (QED) is 0.554. The predicted molar refractivity (Wildman–Crippen MR) is 96.0 cm³/mol. The zero-order valence-electron chi connectivity index (χ0n) is 14.6. The lowest BCUT2D eigenvalue weighted by atomic mass is 10.2. The summed E-state index contributed by atoms with van der Waals surface area (Å²) >= 11 is 5.89. The number of rotatable bonds is 8. The van der Waals surface area contributed by atoms with E-state index in [0.29, 0.717) is 35.8 Å². The highest BCUT2D eigenvalue weighted by molar-refractivity contribution is 6.33. The third-order valence-corrected chi connectivity index (χ3v) is 4.19. The van der Waals surface area contributed by atoms with Gasteiger partial charge in [0.2, 0.25) is 5.91 Å². The van der Waals surface area contributed by atoms with Crippen LogP contribution in [0.4, 0.5) is 11.5 Å². The summed E-state index contributed by atoms with van der Waals surface area (Å²) in [5, 5.41) is 17.5. The van der Waals surface area contributed by atoms with Crippen LogP contribution in [0.2, 0.25) is 5.02 Å². The number of aromatic nitrogens is 2. The first-order valence-electron chi connectivity index (χ1n) is 7.76. The Hall–Kier alpha value is -2.81. The van der Waals surface area contributed by atoms with E-state index in [1.807, 2.05) is 0 Å². The number of hydrogen-bond donors (Lipinski definition) is 1. The number of hydrogen-bond acceptors (Lipinski definition) is 6. The topological polar surface area (TPSA) is 109 Å². The van der Waals surface area contributed by atoms with E-state index >= 15 is 0 Å². The summed E-state index contributed by atoms with van der Waals surface area (Å²) in [5.74, 6) is 0.519. The van der Waals surface area contributed by atoms with Crippen LogP contribution in [0.5, 0.6) is 11.5 Å². The van der Waals surface area contributed by atoms with Crippen molar-refractivity contribution in [3.8, 4) is 11.5 Å². The fourth-order valence-electron chi connectivity index (χ4n) is 2.35. The molecule has 0 atom stereocenters. The zero-order chi connectivity index (χ0) is 19.3. The van der Waals surface area contributed by atoms with Crippen molar-refractivity contribution < 1.29 is 19.2 Å². The van der Waals surface area contributed by atoms with Gasteiger partial charge in [-0.25, -0.2) is 0 Å². The van der Waals surface area contributed by atoms with Crippen molar-refractivity contribution in [2.45, 2.75) is 26.3 Å². The molecule has 0 aliphatic heterocycles. The number of benzene rings is 1. The zero-order valence-corrected chi connectivity index (χ0v) is 15.4. The Balaban J connectivity index is 1.94. The van der Waals surface area contributed by atoms with Crippen LogP contribution < -0.4 is 14.8 Å². The average molecular weight is 383 g/mol. The second kappa shape index (κ2) is 8.52. The molecule has 1 amide bonds. The molecule has 0 unspecified atom stereocenters. The number of amides is 1. The Labute approximate surface area is 155 Å². The first kappa shape index (κ1) is 19.5. The average Bonchev–Trinajstić information content (AvgIpc) is 2.90. The van der Waals surface area contributed by atoms with Gasteiger partial charge in [0.15, 0.2) is 5.02 Å². The number of carbonyl (C=O) groups excluding carboxylic acids is 1. The summed E-state index contributed by atoms with van der Waals surface area (Å²) in [5.41, 5.74) is 1.03. The third kappa shape index (κ3) is 4.42. The molecule has 0 aliphatic rings. The van der Waals surface area contributed by atoms with Gasteiger partial charge >= 0.3 is 5.82 Å². The van der Waals surface area contributed by atoms with Crippen molar-refractivity contribution in [3.05, 3.63) is 39.0 Å². The van der Waals surface area contributed by atoms with Crippen molar-refractivity contribution in [2.24, 2.45) is 0 Å². The molecule has 2 aromatic rings. The van der Waals surface area contributed by atoms with Gasteiger partial charge in [0, 0.05) is 12.5 Å². The van der Waals surface area contributed by atoms with E-state index in [4.69, 9.17) is 21.1 Å². The maximum absolute atomic E-state index is 12.1. The summed E-state index contributed by atoms with van der Waals surface area (Å²) < 4.78 is 11.8. The Bertz CT molecular complexity index is 821. The first-order valence-corrected chi connectivity index (χ1v) is 8.14. The van der Waals surface area contributed by atoms with Gasteiger partial charge in [-0.2, -0.15) is 4.68 Å². The molecular formula is C16H19ClN4O5. The minimum atomic E-state index is -0.630. The van der Waals surface area contributed by atoms with Crippen molar-refractivity contribution >= 4 is 29.0 Å². The molecule has 9 nitrogen and oxygen atoms in total. The number of nitrogens with one attached hydrogen (secondary N) is 1. The molecule has 140 valence electrons. The third-order valence-electron chi connectivity index (χ3n) is 3.75. The maximum atomic E-state index is 12.1. The van der Waals surface area contributed by atoms with Crippen LogP contribution >= 0.6 is 11.6 Å². The van der Waals surface area contributed by atoms with Crippen molar-refractivity contribution in [1.29, 1.82) is 0 Å². The lowest BCUT2D eigenvalue weighted by Gasteiger charge is -2.11. The highest BCUT2D eigenvalue weighted by atomic mass is 35.5. The Morgan fingerprint density at radius 3 is 2.69 bits per heavy atom. The molecule has 0 aliphatic carbocycles. The van der Waals surface area contributed by atoms with E-state index in [-0.39, 0.29) is 23.2 Å². The summed E-state index contributed by atoms with van der Waals surface area (Å²) in [6, 6.07) is 5.08. The number of ether oxygens (including phenoxy) is 2. The largest absolute Gasteiger partial charge is 0.497 e. The molecule has 0 bridgehead atoms. The Kier molecular flexibility index (Phi) is 6.40. The number of nitrogens with zero attached hydrogens (tertiary/aromatic N) is 3. The van der Waals surface area contributed by atoms with Gasteiger partial charge < -0.3 is 24.9 Å². The van der Waals surface area contributed by atoms with E-state index in [1.165, 1.54) is 11.8 Å². The molecule has 0 saturated carbocycles. The van der Waals surface area contributed by atoms with E-state index in [1.54, 1.807) is 32.2 Å². The van der Waals surface area contributed by atoms with Crippen LogP contribution in [0, 0.1) is 17.0 Å². The summed E-state index contributed by atoms with van der Waals surface area (Å²) in [6.45, 7) is 1.98.